The molecule has 2 saturated heterocycles. The van der Waals surface area contributed by atoms with Gasteiger partial charge >= 0.3 is 12.0 Å². The van der Waals surface area contributed by atoms with Crippen LogP contribution in [0.1, 0.15) is 20.3 Å². The van der Waals surface area contributed by atoms with Crippen LogP contribution in [0.5, 0.6) is 0 Å². The second-order valence-corrected chi connectivity index (χ2v) is 5.91. The van der Waals surface area contributed by atoms with E-state index < -0.39 is 23.5 Å². The third kappa shape index (κ3) is 3.63. The van der Waals surface area contributed by atoms with Crippen LogP contribution in [0.3, 0.4) is 0 Å². The lowest BCUT2D eigenvalue weighted by atomic mass is 10.1. The lowest BCUT2D eigenvalue weighted by molar-refractivity contribution is -0.142. The van der Waals surface area contributed by atoms with E-state index in [1.807, 2.05) is 13.8 Å². The number of hydrogen-bond acceptors (Lipinski definition) is 4. The van der Waals surface area contributed by atoms with Gasteiger partial charge in [-0.1, -0.05) is 0 Å². The Bertz CT molecular complexity index is 451. The SMILES string of the molecule is CC1(C)CN(C(=O)N2CCNC(=O)C2CC(=O)O)CCO1. The van der Waals surface area contributed by atoms with Crippen LogP contribution in [-0.2, 0) is 14.3 Å². The Morgan fingerprint density at radius 2 is 2.14 bits per heavy atom. The first-order valence-corrected chi connectivity index (χ1v) is 6.99. The fourth-order valence-corrected chi connectivity index (χ4v) is 2.67. The fourth-order valence-electron chi connectivity index (χ4n) is 2.67. The molecule has 2 N–H and O–H groups in total. The molecular formula is C13H21N3O5. The summed E-state index contributed by atoms with van der Waals surface area (Å²) in [5.74, 6) is -1.51. The van der Waals surface area contributed by atoms with Gasteiger partial charge in [-0.15, -0.1) is 0 Å². The van der Waals surface area contributed by atoms with Crippen molar-refractivity contribution in [3.63, 3.8) is 0 Å². The Balaban J connectivity index is 2.11. The van der Waals surface area contributed by atoms with Crippen LogP contribution in [0.25, 0.3) is 0 Å². The molecule has 2 heterocycles. The maximum absolute atomic E-state index is 12.6. The van der Waals surface area contributed by atoms with Crippen molar-refractivity contribution in [1.82, 2.24) is 15.1 Å². The van der Waals surface area contributed by atoms with Crippen LogP contribution in [-0.4, -0.2) is 77.2 Å². The predicted molar refractivity (Wildman–Crippen MR) is 72.8 cm³/mol. The highest BCUT2D eigenvalue weighted by Gasteiger charge is 2.39. The van der Waals surface area contributed by atoms with Crippen molar-refractivity contribution in [3.05, 3.63) is 0 Å². The number of urea groups is 1. The minimum absolute atomic E-state index is 0.299. The molecule has 8 nitrogen and oxygen atoms in total. The average molecular weight is 299 g/mol. The molecule has 2 rings (SSSR count). The predicted octanol–water partition coefficient (Wildman–Crippen LogP) is -0.508. The first-order chi connectivity index (χ1) is 9.80. The number of piperazine rings is 1. The summed E-state index contributed by atoms with van der Waals surface area (Å²) in [6.45, 7) is 5.75. The second-order valence-electron chi connectivity index (χ2n) is 5.91. The van der Waals surface area contributed by atoms with Crippen molar-refractivity contribution in [2.24, 2.45) is 0 Å². The van der Waals surface area contributed by atoms with Gasteiger partial charge in [0.25, 0.3) is 0 Å². The molecule has 1 unspecified atom stereocenters. The van der Waals surface area contributed by atoms with E-state index in [1.54, 1.807) is 4.90 Å². The maximum atomic E-state index is 12.6. The minimum Gasteiger partial charge on any atom is -0.481 e. The third-order valence-electron chi connectivity index (χ3n) is 3.64. The quantitative estimate of drug-likeness (QED) is 0.715. The fraction of sp³-hybridized carbons (Fsp3) is 0.769. The van der Waals surface area contributed by atoms with Crippen LogP contribution in [0, 0.1) is 0 Å². The molecule has 1 atom stereocenters. The molecule has 0 aliphatic carbocycles. The minimum atomic E-state index is -1.10. The van der Waals surface area contributed by atoms with Gasteiger partial charge < -0.3 is 25.0 Å². The number of carboxylic acid groups (broad SMARTS) is 1. The van der Waals surface area contributed by atoms with Gasteiger partial charge in [-0.2, -0.15) is 0 Å². The standard InChI is InChI=1S/C13H21N3O5/c1-13(2)8-15(5-6-21-13)12(20)16-4-3-14-11(19)9(16)7-10(17)18/h9H,3-8H2,1-2H3,(H,14,19)(H,17,18). The van der Waals surface area contributed by atoms with Crippen LogP contribution in [0.15, 0.2) is 0 Å². The van der Waals surface area contributed by atoms with Crippen molar-refractivity contribution in [2.45, 2.75) is 31.9 Å². The molecule has 2 aliphatic rings. The van der Waals surface area contributed by atoms with Gasteiger partial charge in [-0.3, -0.25) is 9.59 Å². The van der Waals surface area contributed by atoms with Gasteiger partial charge in [0.05, 0.1) is 25.2 Å². The Morgan fingerprint density at radius 1 is 1.43 bits per heavy atom. The zero-order valence-corrected chi connectivity index (χ0v) is 12.3. The number of hydrogen-bond donors (Lipinski definition) is 2. The highest BCUT2D eigenvalue weighted by atomic mass is 16.5. The first kappa shape index (κ1) is 15.6. The van der Waals surface area contributed by atoms with E-state index in [-0.39, 0.29) is 12.5 Å². The molecule has 0 aromatic rings. The molecular weight excluding hydrogens is 278 g/mol. The largest absolute Gasteiger partial charge is 0.481 e. The second kappa shape index (κ2) is 5.88. The van der Waals surface area contributed by atoms with Gasteiger partial charge in [-0.05, 0) is 13.8 Å². The summed E-state index contributed by atoms with van der Waals surface area (Å²) in [7, 11) is 0. The van der Waals surface area contributed by atoms with Crippen LogP contribution >= 0.6 is 0 Å². The van der Waals surface area contributed by atoms with Gasteiger partial charge in [0, 0.05) is 19.6 Å². The van der Waals surface area contributed by atoms with Crippen molar-refractivity contribution in [3.8, 4) is 0 Å². The molecule has 0 aromatic heterocycles. The number of aliphatic carboxylic acids is 1. The average Bonchev–Trinajstić information content (AvgIpc) is 2.38. The van der Waals surface area contributed by atoms with E-state index in [0.717, 1.165) is 0 Å². The number of nitrogens with zero attached hydrogens (tertiary/aromatic N) is 2. The topological polar surface area (TPSA) is 99.2 Å². The molecule has 0 radical (unpaired) electrons. The van der Waals surface area contributed by atoms with Gasteiger partial charge in [0.2, 0.25) is 5.91 Å². The third-order valence-corrected chi connectivity index (χ3v) is 3.64. The summed E-state index contributed by atoms with van der Waals surface area (Å²) in [5, 5.41) is 11.5. The number of rotatable bonds is 2. The Labute approximate surface area is 123 Å². The Kier molecular flexibility index (Phi) is 4.36. The van der Waals surface area contributed by atoms with E-state index in [9.17, 15) is 14.4 Å². The van der Waals surface area contributed by atoms with Crippen molar-refractivity contribution < 1.29 is 24.2 Å². The Morgan fingerprint density at radius 3 is 2.76 bits per heavy atom. The molecule has 3 amide bonds. The molecule has 118 valence electrons. The van der Waals surface area contributed by atoms with Crippen molar-refractivity contribution in [1.29, 1.82) is 0 Å². The summed E-state index contributed by atoms with van der Waals surface area (Å²) < 4.78 is 5.56. The first-order valence-electron chi connectivity index (χ1n) is 6.99. The molecule has 2 fully saturated rings. The summed E-state index contributed by atoms with van der Waals surface area (Å²) in [4.78, 5) is 38.3. The number of carbonyl (C=O) groups is 3. The molecule has 8 heteroatoms. The maximum Gasteiger partial charge on any atom is 0.320 e. The van der Waals surface area contributed by atoms with E-state index in [0.29, 0.717) is 32.8 Å². The van der Waals surface area contributed by atoms with Crippen LogP contribution in [0.4, 0.5) is 4.79 Å². The zero-order valence-electron chi connectivity index (χ0n) is 12.3. The highest BCUT2D eigenvalue weighted by Crippen LogP contribution is 2.20. The van der Waals surface area contributed by atoms with E-state index >= 15 is 0 Å². The van der Waals surface area contributed by atoms with Crippen LogP contribution < -0.4 is 5.32 Å². The van der Waals surface area contributed by atoms with Gasteiger partial charge in [0.15, 0.2) is 0 Å². The molecule has 0 aromatic carbocycles. The molecule has 21 heavy (non-hydrogen) atoms. The Hall–Kier alpha value is -1.83. The number of nitrogens with one attached hydrogen (secondary N) is 1. The number of amides is 3. The van der Waals surface area contributed by atoms with E-state index in [4.69, 9.17) is 9.84 Å². The van der Waals surface area contributed by atoms with Gasteiger partial charge in [0.1, 0.15) is 6.04 Å². The van der Waals surface area contributed by atoms with E-state index in [2.05, 4.69) is 5.32 Å². The lowest BCUT2D eigenvalue weighted by Crippen LogP contribution is -2.62. The zero-order chi connectivity index (χ0) is 15.6. The highest BCUT2D eigenvalue weighted by molar-refractivity contribution is 5.91. The number of carboxylic acids is 1. The summed E-state index contributed by atoms with van der Waals surface area (Å²) >= 11 is 0. The van der Waals surface area contributed by atoms with Gasteiger partial charge in [-0.25, -0.2) is 4.79 Å². The number of carbonyl (C=O) groups excluding carboxylic acids is 2. The molecule has 0 bridgehead atoms. The smallest absolute Gasteiger partial charge is 0.320 e. The van der Waals surface area contributed by atoms with Crippen LogP contribution in [0.2, 0.25) is 0 Å². The normalized spacial score (nSPS) is 25.4. The number of morpholine rings is 1. The molecule has 0 saturated carbocycles. The summed E-state index contributed by atoms with van der Waals surface area (Å²) in [5.41, 5.74) is -0.436. The molecule has 0 spiro atoms. The number of ether oxygens (including phenoxy) is 1. The molecule has 2 aliphatic heterocycles. The van der Waals surface area contributed by atoms with E-state index in [1.165, 1.54) is 4.90 Å². The van der Waals surface area contributed by atoms with Crippen molar-refractivity contribution in [2.75, 3.05) is 32.8 Å². The monoisotopic (exact) mass is 299 g/mol. The lowest BCUT2D eigenvalue weighted by Gasteiger charge is -2.43. The summed E-state index contributed by atoms with van der Waals surface area (Å²) in [6.07, 6.45) is -0.384. The van der Waals surface area contributed by atoms with Crippen molar-refractivity contribution >= 4 is 17.9 Å². The summed E-state index contributed by atoms with van der Waals surface area (Å²) in [6, 6.07) is -1.25.